The third kappa shape index (κ3) is 4.99. The molecule has 5 nitrogen and oxygen atoms in total. The molecule has 0 aromatic heterocycles. The van der Waals surface area contributed by atoms with Crippen LogP contribution in [0.15, 0.2) is 41.3 Å². The molecule has 0 spiro atoms. The number of amides is 1. The Hall–Kier alpha value is -1.67. The highest BCUT2D eigenvalue weighted by atomic mass is 35.5. The molecule has 0 heterocycles. The molecule has 2 rings (SSSR count). The Labute approximate surface area is 168 Å². The summed E-state index contributed by atoms with van der Waals surface area (Å²) in [5, 5.41) is 3.35. The lowest BCUT2D eigenvalue weighted by molar-refractivity contribution is 0.0946. The van der Waals surface area contributed by atoms with Crippen LogP contribution >= 0.6 is 23.2 Å². The highest BCUT2D eigenvalue weighted by molar-refractivity contribution is 7.89. The van der Waals surface area contributed by atoms with Gasteiger partial charge >= 0.3 is 0 Å². The summed E-state index contributed by atoms with van der Waals surface area (Å²) < 4.78 is 40.5. The Balaban J connectivity index is 2.26. The summed E-state index contributed by atoms with van der Waals surface area (Å²) in [6.45, 7) is 3.99. The van der Waals surface area contributed by atoms with Gasteiger partial charge in [0.2, 0.25) is 10.0 Å². The average molecular weight is 433 g/mol. The van der Waals surface area contributed by atoms with E-state index in [9.17, 15) is 17.6 Å². The summed E-state index contributed by atoms with van der Waals surface area (Å²) in [5.41, 5.74) is 0.245. The van der Waals surface area contributed by atoms with Crippen molar-refractivity contribution in [2.45, 2.75) is 25.3 Å². The minimum absolute atomic E-state index is 0.0430. The van der Waals surface area contributed by atoms with Crippen molar-refractivity contribution < 1.29 is 17.6 Å². The van der Waals surface area contributed by atoms with Crippen LogP contribution in [0.2, 0.25) is 10.0 Å². The van der Waals surface area contributed by atoms with Crippen molar-refractivity contribution >= 4 is 39.1 Å². The van der Waals surface area contributed by atoms with E-state index < -0.39 is 21.7 Å². The van der Waals surface area contributed by atoms with Gasteiger partial charge in [0, 0.05) is 29.7 Å². The quantitative estimate of drug-likeness (QED) is 0.715. The zero-order valence-corrected chi connectivity index (χ0v) is 17.1. The summed E-state index contributed by atoms with van der Waals surface area (Å²) >= 11 is 11.9. The number of carbonyl (C=O) groups is 1. The standard InChI is InChI=1S/C18H19Cl2FN2O3S/c1-3-23(4-2)27(25,26)14-7-8-17(21)15(10-14)18(24)22-11-12-5-6-13(19)9-16(12)20/h5-10H,3-4,11H2,1-2H3,(H,22,24). The second-order valence-corrected chi connectivity index (χ2v) is 8.43. The van der Waals surface area contributed by atoms with Crippen molar-refractivity contribution in [3.8, 4) is 0 Å². The van der Waals surface area contributed by atoms with Crippen LogP contribution in [0, 0.1) is 5.82 Å². The molecule has 0 saturated heterocycles. The molecule has 2 aromatic carbocycles. The molecule has 1 amide bonds. The third-order valence-electron chi connectivity index (χ3n) is 3.98. The Morgan fingerprint density at radius 3 is 2.37 bits per heavy atom. The van der Waals surface area contributed by atoms with Crippen molar-refractivity contribution in [2.75, 3.05) is 13.1 Å². The van der Waals surface area contributed by atoms with Crippen LogP contribution in [0.5, 0.6) is 0 Å². The van der Waals surface area contributed by atoms with Crippen LogP contribution < -0.4 is 5.32 Å². The van der Waals surface area contributed by atoms with E-state index >= 15 is 0 Å². The molecule has 0 aliphatic rings. The van der Waals surface area contributed by atoms with Gasteiger partial charge in [-0.15, -0.1) is 0 Å². The zero-order chi connectivity index (χ0) is 20.2. The maximum atomic E-state index is 14.1. The summed E-state index contributed by atoms with van der Waals surface area (Å²) in [6, 6.07) is 7.95. The van der Waals surface area contributed by atoms with Crippen molar-refractivity contribution in [2.24, 2.45) is 0 Å². The molecule has 0 bridgehead atoms. The summed E-state index contributed by atoms with van der Waals surface area (Å²) in [6.07, 6.45) is 0. The number of hydrogen-bond donors (Lipinski definition) is 1. The second-order valence-electron chi connectivity index (χ2n) is 5.65. The molecule has 27 heavy (non-hydrogen) atoms. The largest absolute Gasteiger partial charge is 0.348 e. The van der Waals surface area contributed by atoms with Crippen molar-refractivity contribution in [3.05, 3.63) is 63.4 Å². The van der Waals surface area contributed by atoms with Gasteiger partial charge in [0.05, 0.1) is 10.5 Å². The summed E-state index contributed by atoms with van der Waals surface area (Å²) in [4.78, 5) is 12.2. The number of sulfonamides is 1. The molecule has 0 unspecified atom stereocenters. The highest BCUT2D eigenvalue weighted by Gasteiger charge is 2.24. The molecule has 0 radical (unpaired) electrons. The van der Waals surface area contributed by atoms with Crippen LogP contribution in [-0.4, -0.2) is 31.7 Å². The second kappa shape index (κ2) is 9.01. The number of hydrogen-bond acceptors (Lipinski definition) is 3. The SMILES string of the molecule is CCN(CC)S(=O)(=O)c1ccc(F)c(C(=O)NCc2ccc(Cl)cc2Cl)c1. The van der Waals surface area contributed by atoms with E-state index in [1.165, 1.54) is 10.4 Å². The number of nitrogens with zero attached hydrogens (tertiary/aromatic N) is 1. The van der Waals surface area contributed by atoms with Crippen molar-refractivity contribution in [3.63, 3.8) is 0 Å². The van der Waals surface area contributed by atoms with Crippen LogP contribution in [-0.2, 0) is 16.6 Å². The van der Waals surface area contributed by atoms with Gasteiger partial charge in [0.25, 0.3) is 5.91 Å². The number of nitrogens with one attached hydrogen (secondary N) is 1. The fourth-order valence-corrected chi connectivity index (χ4v) is 4.45. The summed E-state index contributed by atoms with van der Waals surface area (Å²) in [7, 11) is -3.80. The van der Waals surface area contributed by atoms with E-state index in [-0.39, 0.29) is 30.1 Å². The van der Waals surface area contributed by atoms with Gasteiger partial charge in [0.15, 0.2) is 0 Å². The smallest absolute Gasteiger partial charge is 0.254 e. The van der Waals surface area contributed by atoms with Gasteiger partial charge in [-0.1, -0.05) is 43.1 Å². The first kappa shape index (κ1) is 21.6. The molecular weight excluding hydrogens is 414 g/mol. The molecule has 2 aromatic rings. The fraction of sp³-hybridized carbons (Fsp3) is 0.278. The fourth-order valence-electron chi connectivity index (χ4n) is 2.49. The third-order valence-corrected chi connectivity index (χ3v) is 6.61. The van der Waals surface area contributed by atoms with Crippen LogP contribution in [0.25, 0.3) is 0 Å². The minimum Gasteiger partial charge on any atom is -0.348 e. The van der Waals surface area contributed by atoms with E-state index in [2.05, 4.69) is 5.32 Å². The Kier molecular flexibility index (Phi) is 7.22. The van der Waals surface area contributed by atoms with Gasteiger partial charge in [0.1, 0.15) is 5.82 Å². The molecule has 0 fully saturated rings. The van der Waals surface area contributed by atoms with E-state index in [0.29, 0.717) is 15.6 Å². The van der Waals surface area contributed by atoms with E-state index in [0.717, 1.165) is 18.2 Å². The topological polar surface area (TPSA) is 66.5 Å². The van der Waals surface area contributed by atoms with Crippen LogP contribution in [0.3, 0.4) is 0 Å². The van der Waals surface area contributed by atoms with E-state index in [4.69, 9.17) is 23.2 Å². The van der Waals surface area contributed by atoms with Crippen molar-refractivity contribution in [1.82, 2.24) is 9.62 Å². The van der Waals surface area contributed by atoms with Gasteiger partial charge < -0.3 is 5.32 Å². The number of carbonyl (C=O) groups excluding carboxylic acids is 1. The first-order chi connectivity index (χ1) is 12.7. The molecule has 0 atom stereocenters. The minimum atomic E-state index is -3.80. The molecule has 0 aliphatic carbocycles. The van der Waals surface area contributed by atoms with Gasteiger partial charge in [-0.25, -0.2) is 12.8 Å². The number of benzene rings is 2. The van der Waals surface area contributed by atoms with Crippen LogP contribution in [0.1, 0.15) is 29.8 Å². The monoisotopic (exact) mass is 432 g/mol. The Bertz CT molecular complexity index is 948. The zero-order valence-electron chi connectivity index (χ0n) is 14.8. The average Bonchev–Trinajstić information content (AvgIpc) is 2.61. The molecule has 0 saturated carbocycles. The molecule has 1 N–H and O–H groups in total. The van der Waals surface area contributed by atoms with Gasteiger partial charge in [-0.3, -0.25) is 4.79 Å². The predicted octanol–water partition coefficient (Wildman–Crippen LogP) is 4.09. The lowest BCUT2D eigenvalue weighted by atomic mass is 10.2. The lowest BCUT2D eigenvalue weighted by Gasteiger charge is -2.19. The molecule has 146 valence electrons. The highest BCUT2D eigenvalue weighted by Crippen LogP contribution is 2.22. The Morgan fingerprint density at radius 2 is 1.78 bits per heavy atom. The van der Waals surface area contributed by atoms with Gasteiger partial charge in [-0.05, 0) is 35.9 Å². The first-order valence-electron chi connectivity index (χ1n) is 8.22. The van der Waals surface area contributed by atoms with Crippen LogP contribution in [0.4, 0.5) is 4.39 Å². The van der Waals surface area contributed by atoms with E-state index in [1.54, 1.807) is 26.0 Å². The van der Waals surface area contributed by atoms with Crippen molar-refractivity contribution in [1.29, 1.82) is 0 Å². The Morgan fingerprint density at radius 1 is 1.11 bits per heavy atom. The molecule has 9 heteroatoms. The van der Waals surface area contributed by atoms with Gasteiger partial charge in [-0.2, -0.15) is 4.31 Å². The first-order valence-corrected chi connectivity index (χ1v) is 10.4. The predicted molar refractivity (Wildman–Crippen MR) is 104 cm³/mol. The summed E-state index contributed by atoms with van der Waals surface area (Å²) in [5.74, 6) is -1.55. The normalized spacial score (nSPS) is 11.6. The number of rotatable bonds is 7. The lowest BCUT2D eigenvalue weighted by Crippen LogP contribution is -2.31. The maximum Gasteiger partial charge on any atom is 0.254 e. The molecule has 0 aliphatic heterocycles. The maximum absolute atomic E-state index is 14.1. The molecular formula is C18H19Cl2FN2O3S. The van der Waals surface area contributed by atoms with E-state index in [1.807, 2.05) is 0 Å². The number of halogens is 3.